The molecule has 11 nitrogen and oxygen atoms in total. The number of pyridine rings is 1. The first-order valence-electron chi connectivity index (χ1n) is 12.1. The molecule has 5 heterocycles. The third kappa shape index (κ3) is 4.83. The van der Waals surface area contributed by atoms with Gasteiger partial charge < -0.3 is 24.6 Å². The minimum atomic E-state index is -4.56. The summed E-state index contributed by atoms with van der Waals surface area (Å²) >= 11 is 0. The molecule has 0 saturated heterocycles. The molecule has 2 aliphatic heterocycles. The predicted octanol–water partition coefficient (Wildman–Crippen LogP) is 3.26. The van der Waals surface area contributed by atoms with Crippen LogP contribution in [-0.4, -0.2) is 64.0 Å². The first-order valence-corrected chi connectivity index (χ1v) is 12.1. The number of carbonyl (C=O) groups excluding carboxylic acids is 1. The first-order chi connectivity index (χ1) is 18.2. The zero-order valence-electron chi connectivity index (χ0n) is 21.1. The molecule has 1 N–H and O–H groups in total. The zero-order valence-corrected chi connectivity index (χ0v) is 21.1. The summed E-state index contributed by atoms with van der Waals surface area (Å²) in [6.45, 7) is 3.11. The molecule has 202 valence electrons. The van der Waals surface area contributed by atoms with Crippen molar-refractivity contribution in [1.29, 1.82) is 0 Å². The summed E-state index contributed by atoms with van der Waals surface area (Å²) in [6.07, 6.45) is -1.45. The van der Waals surface area contributed by atoms with Crippen LogP contribution in [0, 0.1) is 0 Å². The lowest BCUT2D eigenvalue weighted by atomic mass is 10.0. The van der Waals surface area contributed by atoms with E-state index in [2.05, 4.69) is 20.4 Å². The van der Waals surface area contributed by atoms with Crippen molar-refractivity contribution in [3.05, 3.63) is 41.3 Å². The number of aromatic nitrogens is 5. The molecular weight excluding hydrogens is 505 g/mol. The summed E-state index contributed by atoms with van der Waals surface area (Å²) in [5, 5.41) is 6.74. The van der Waals surface area contributed by atoms with Crippen LogP contribution in [0.15, 0.2) is 24.4 Å². The van der Waals surface area contributed by atoms with Gasteiger partial charge >= 0.3 is 6.18 Å². The van der Waals surface area contributed by atoms with Gasteiger partial charge in [0, 0.05) is 52.1 Å². The summed E-state index contributed by atoms with van der Waals surface area (Å²) in [5.74, 6) is 1.17. The van der Waals surface area contributed by atoms with Crippen molar-refractivity contribution >= 4 is 23.4 Å². The number of methoxy groups -OCH3 is 1. The second-order valence-corrected chi connectivity index (χ2v) is 8.98. The van der Waals surface area contributed by atoms with E-state index in [0.29, 0.717) is 24.9 Å². The Hall–Kier alpha value is -3.94. The normalized spacial score (nSPS) is 17.0. The van der Waals surface area contributed by atoms with E-state index < -0.39 is 17.9 Å². The van der Waals surface area contributed by atoms with Gasteiger partial charge in [0.1, 0.15) is 11.7 Å². The molecule has 0 unspecified atom stereocenters. The molecule has 5 rings (SSSR count). The second-order valence-electron chi connectivity index (χ2n) is 8.98. The largest absolute Gasteiger partial charge is 0.435 e. The SMILES string of the molecule is CCn1nc(C(F)(F)F)cc1Oc1ccc(CNc2nc3c4c(n2)N(C)[C@@H](COC)C(=O)N4CCC3)cn1. The van der Waals surface area contributed by atoms with Crippen LogP contribution in [0.1, 0.15) is 30.3 Å². The summed E-state index contributed by atoms with van der Waals surface area (Å²) in [7, 11) is 3.39. The number of nitrogens with one attached hydrogen (secondary N) is 1. The topological polar surface area (TPSA) is 111 Å². The van der Waals surface area contributed by atoms with Gasteiger partial charge in [-0.05, 0) is 25.3 Å². The molecule has 14 heteroatoms. The standard InChI is InChI=1S/C24H27F3N8O3/c1-4-35-19(10-17(32-35)24(25,26)27)38-18-8-7-14(11-28-18)12-29-23-30-15-6-5-9-34-20(15)21(31-23)33(2)16(13-37-3)22(34)36/h7-8,10-11,16H,4-6,9,12-13H2,1-3H3,(H,29,30,31)/t16-/m0/s1. The highest BCUT2D eigenvalue weighted by Gasteiger charge is 2.41. The molecule has 3 aromatic heterocycles. The predicted molar refractivity (Wildman–Crippen MR) is 131 cm³/mol. The first kappa shape index (κ1) is 25.7. The maximum Gasteiger partial charge on any atom is 0.435 e. The highest BCUT2D eigenvalue weighted by atomic mass is 19.4. The Morgan fingerprint density at radius 2 is 2.05 bits per heavy atom. The van der Waals surface area contributed by atoms with Crippen LogP contribution in [0.3, 0.4) is 0 Å². The number of hydrogen-bond acceptors (Lipinski definition) is 9. The molecule has 0 radical (unpaired) electrons. The monoisotopic (exact) mass is 532 g/mol. The molecule has 1 atom stereocenters. The van der Waals surface area contributed by atoms with Gasteiger partial charge in [0.2, 0.25) is 17.7 Å². The lowest BCUT2D eigenvalue weighted by molar-refractivity contribution is -0.141. The van der Waals surface area contributed by atoms with Crippen molar-refractivity contribution in [2.75, 3.05) is 42.4 Å². The van der Waals surface area contributed by atoms with Gasteiger partial charge in [-0.3, -0.25) is 4.79 Å². The van der Waals surface area contributed by atoms with E-state index >= 15 is 0 Å². The van der Waals surface area contributed by atoms with E-state index in [-0.39, 0.29) is 30.8 Å². The van der Waals surface area contributed by atoms with Crippen LogP contribution in [0.2, 0.25) is 0 Å². The lowest BCUT2D eigenvalue weighted by Crippen LogP contribution is -2.56. The van der Waals surface area contributed by atoms with Gasteiger partial charge in [0.25, 0.3) is 5.91 Å². The molecule has 0 bridgehead atoms. The van der Waals surface area contributed by atoms with Crippen molar-refractivity contribution in [3.8, 4) is 11.8 Å². The summed E-state index contributed by atoms with van der Waals surface area (Å²) in [6, 6.07) is 3.70. The van der Waals surface area contributed by atoms with E-state index in [1.807, 2.05) is 11.9 Å². The molecular formula is C24H27F3N8O3. The number of hydrogen-bond donors (Lipinski definition) is 1. The Balaban J connectivity index is 1.30. The molecule has 1 amide bonds. The Morgan fingerprint density at radius 1 is 1.24 bits per heavy atom. The van der Waals surface area contributed by atoms with Gasteiger partial charge in [-0.2, -0.15) is 23.3 Å². The second kappa shape index (κ2) is 10.1. The highest BCUT2D eigenvalue weighted by molar-refractivity contribution is 6.05. The molecule has 2 aliphatic rings. The van der Waals surface area contributed by atoms with E-state index in [1.54, 1.807) is 37.3 Å². The van der Waals surface area contributed by atoms with Crippen molar-refractivity contribution in [1.82, 2.24) is 24.7 Å². The summed E-state index contributed by atoms with van der Waals surface area (Å²) in [4.78, 5) is 30.1. The minimum Gasteiger partial charge on any atom is -0.421 e. The Bertz CT molecular complexity index is 1330. The van der Waals surface area contributed by atoms with Gasteiger partial charge in [-0.15, -0.1) is 0 Å². The van der Waals surface area contributed by atoms with E-state index in [0.717, 1.165) is 40.5 Å². The number of halogens is 3. The average molecular weight is 533 g/mol. The third-order valence-corrected chi connectivity index (χ3v) is 6.47. The summed E-state index contributed by atoms with van der Waals surface area (Å²) < 4.78 is 50.9. The number of aryl methyl sites for hydroxylation is 2. The van der Waals surface area contributed by atoms with E-state index in [1.165, 1.54) is 0 Å². The highest BCUT2D eigenvalue weighted by Crippen LogP contribution is 2.40. The molecule has 0 aliphatic carbocycles. The minimum absolute atomic E-state index is 0.0166. The van der Waals surface area contributed by atoms with Crippen molar-refractivity contribution in [3.63, 3.8) is 0 Å². The lowest BCUT2D eigenvalue weighted by Gasteiger charge is -2.42. The fraction of sp³-hybridized carbons (Fsp3) is 0.458. The van der Waals surface area contributed by atoms with Crippen molar-refractivity contribution < 1.29 is 27.4 Å². The molecule has 38 heavy (non-hydrogen) atoms. The number of anilines is 3. The molecule has 0 spiro atoms. The number of alkyl halides is 3. The number of rotatable bonds is 8. The Morgan fingerprint density at radius 3 is 2.74 bits per heavy atom. The van der Waals surface area contributed by atoms with Crippen LogP contribution >= 0.6 is 0 Å². The Labute approximate surface area is 216 Å². The van der Waals surface area contributed by atoms with Crippen LogP contribution in [0.4, 0.5) is 30.6 Å². The quantitative estimate of drug-likeness (QED) is 0.467. The number of nitrogens with zero attached hydrogens (tertiary/aromatic N) is 7. The fourth-order valence-electron chi connectivity index (χ4n) is 4.55. The van der Waals surface area contributed by atoms with Crippen LogP contribution in [0.5, 0.6) is 11.8 Å². The smallest absolute Gasteiger partial charge is 0.421 e. The molecule has 0 fully saturated rings. The van der Waals surface area contributed by atoms with Crippen LogP contribution in [0.25, 0.3) is 0 Å². The van der Waals surface area contributed by atoms with E-state index in [4.69, 9.17) is 14.5 Å². The average Bonchev–Trinajstić information content (AvgIpc) is 3.32. The van der Waals surface area contributed by atoms with Crippen LogP contribution in [-0.2, 0) is 35.2 Å². The van der Waals surface area contributed by atoms with Crippen molar-refractivity contribution in [2.24, 2.45) is 0 Å². The summed E-state index contributed by atoms with van der Waals surface area (Å²) in [5.41, 5.74) is 1.33. The Kier molecular flexibility index (Phi) is 6.82. The number of carbonyl (C=O) groups is 1. The molecule has 0 aromatic carbocycles. The van der Waals surface area contributed by atoms with Crippen molar-refractivity contribution in [2.45, 2.75) is 45.1 Å². The van der Waals surface area contributed by atoms with Crippen LogP contribution < -0.4 is 19.9 Å². The van der Waals surface area contributed by atoms with E-state index in [9.17, 15) is 18.0 Å². The number of likely N-dealkylation sites (N-methyl/N-ethyl adjacent to an activating group) is 1. The van der Waals surface area contributed by atoms with Gasteiger partial charge in [0.15, 0.2) is 11.5 Å². The van der Waals surface area contributed by atoms with Gasteiger partial charge in [0.05, 0.1) is 12.3 Å². The number of amides is 1. The zero-order chi connectivity index (χ0) is 27.0. The third-order valence-electron chi connectivity index (χ3n) is 6.47. The number of ether oxygens (including phenoxy) is 2. The van der Waals surface area contributed by atoms with Gasteiger partial charge in [-0.25, -0.2) is 14.6 Å². The molecule has 3 aromatic rings. The fourth-order valence-corrected chi connectivity index (χ4v) is 4.55. The maximum absolute atomic E-state index is 13.0. The maximum atomic E-state index is 13.0. The molecule has 0 saturated carbocycles. The van der Waals surface area contributed by atoms with Gasteiger partial charge in [-0.1, -0.05) is 6.07 Å².